The molecule has 3 heterocycles. The van der Waals surface area contributed by atoms with E-state index in [0.29, 0.717) is 32.5 Å². The molecular formula is C29H36N4O4. The molecule has 8 nitrogen and oxygen atoms in total. The number of aromatic amines is 1. The zero-order valence-corrected chi connectivity index (χ0v) is 21.9. The lowest BCUT2D eigenvalue weighted by Crippen LogP contribution is -2.53. The number of aliphatic hydroxyl groups excluding tert-OH is 1. The second-order valence-corrected chi connectivity index (χ2v) is 10.0. The van der Waals surface area contributed by atoms with E-state index >= 15 is 0 Å². The highest BCUT2D eigenvalue weighted by Crippen LogP contribution is 2.49. The number of amides is 3. The Kier molecular flexibility index (Phi) is 6.96. The van der Waals surface area contributed by atoms with E-state index in [1.165, 1.54) is 4.90 Å². The van der Waals surface area contributed by atoms with Gasteiger partial charge in [-0.2, -0.15) is 0 Å². The fourth-order valence-corrected chi connectivity index (χ4v) is 5.95. The minimum atomic E-state index is -0.989. The van der Waals surface area contributed by atoms with Gasteiger partial charge >= 0.3 is 6.03 Å². The van der Waals surface area contributed by atoms with Gasteiger partial charge in [0.25, 0.3) is 5.91 Å². The first kappa shape index (κ1) is 25.3. The van der Waals surface area contributed by atoms with E-state index < -0.39 is 11.6 Å². The minimum Gasteiger partial charge on any atom is -0.494 e. The van der Waals surface area contributed by atoms with Crippen LogP contribution in [-0.4, -0.2) is 81.7 Å². The van der Waals surface area contributed by atoms with Crippen molar-refractivity contribution < 1.29 is 19.4 Å². The fraction of sp³-hybridized carbons (Fsp3) is 0.448. The van der Waals surface area contributed by atoms with Gasteiger partial charge in [0.15, 0.2) is 0 Å². The number of urea groups is 1. The largest absolute Gasteiger partial charge is 0.494 e. The zero-order chi connectivity index (χ0) is 26.2. The number of hydrogen-bond donors (Lipinski definition) is 2. The molecule has 0 bridgehead atoms. The normalized spacial score (nSPS) is 21.2. The van der Waals surface area contributed by atoms with Gasteiger partial charge in [-0.15, -0.1) is 0 Å². The van der Waals surface area contributed by atoms with Gasteiger partial charge in [0.2, 0.25) is 0 Å². The smallest absolute Gasteiger partial charge is 0.328 e. The maximum atomic E-state index is 13.9. The third-order valence-corrected chi connectivity index (χ3v) is 7.78. The second kappa shape index (κ2) is 10.2. The summed E-state index contributed by atoms with van der Waals surface area (Å²) in [6.45, 7) is 9.06. The van der Waals surface area contributed by atoms with Gasteiger partial charge in [0.1, 0.15) is 17.3 Å². The minimum absolute atomic E-state index is 0.0940. The number of likely N-dealkylation sites (N-methyl/N-ethyl adjacent to an activating group) is 1. The van der Waals surface area contributed by atoms with Gasteiger partial charge in [-0.25, -0.2) is 4.79 Å². The number of rotatable bonds is 10. The van der Waals surface area contributed by atoms with Crippen molar-refractivity contribution in [1.82, 2.24) is 19.7 Å². The van der Waals surface area contributed by atoms with Crippen molar-refractivity contribution in [3.63, 3.8) is 0 Å². The van der Waals surface area contributed by atoms with Gasteiger partial charge in [0.05, 0.1) is 13.2 Å². The lowest BCUT2D eigenvalue weighted by Gasteiger charge is -2.42. The molecule has 196 valence electrons. The highest BCUT2D eigenvalue weighted by Gasteiger charge is 2.59. The van der Waals surface area contributed by atoms with Crippen LogP contribution in [0.25, 0.3) is 10.9 Å². The first-order chi connectivity index (χ1) is 17.9. The molecule has 0 saturated carbocycles. The third-order valence-electron chi connectivity index (χ3n) is 7.78. The number of aliphatic hydroxyl groups is 1. The molecule has 1 fully saturated rings. The predicted octanol–water partition coefficient (Wildman–Crippen LogP) is 3.94. The lowest BCUT2D eigenvalue weighted by molar-refractivity contribution is -0.133. The topological polar surface area (TPSA) is 89.1 Å². The van der Waals surface area contributed by atoms with Gasteiger partial charge in [-0.1, -0.05) is 37.3 Å². The summed E-state index contributed by atoms with van der Waals surface area (Å²) in [4.78, 5) is 36.8. The number of carbonyl (C=O) groups excluding carboxylic acids is 2. The molecule has 0 spiro atoms. The summed E-state index contributed by atoms with van der Waals surface area (Å²) in [6.07, 6.45) is 1.10. The fourth-order valence-electron chi connectivity index (χ4n) is 5.95. The van der Waals surface area contributed by atoms with E-state index in [1.54, 1.807) is 4.90 Å². The van der Waals surface area contributed by atoms with Crippen LogP contribution < -0.4 is 4.74 Å². The molecule has 2 atom stereocenters. The number of hydrogen-bond acceptors (Lipinski definition) is 5. The van der Waals surface area contributed by atoms with Crippen LogP contribution in [0.4, 0.5) is 4.79 Å². The predicted molar refractivity (Wildman–Crippen MR) is 143 cm³/mol. The number of imide groups is 1. The lowest BCUT2D eigenvalue weighted by atomic mass is 9.81. The van der Waals surface area contributed by atoms with Crippen molar-refractivity contribution in [2.75, 3.05) is 39.4 Å². The van der Waals surface area contributed by atoms with Crippen molar-refractivity contribution in [2.45, 2.75) is 45.2 Å². The Hall–Kier alpha value is -3.36. The van der Waals surface area contributed by atoms with Crippen molar-refractivity contribution in [1.29, 1.82) is 0 Å². The second-order valence-electron chi connectivity index (χ2n) is 10.0. The molecular weight excluding hydrogens is 468 g/mol. The number of nitrogens with zero attached hydrogens (tertiary/aromatic N) is 3. The Morgan fingerprint density at radius 3 is 2.62 bits per heavy atom. The molecule has 1 aromatic heterocycles. The molecule has 2 N–H and O–H groups in total. The Bertz CT molecular complexity index is 1290. The van der Waals surface area contributed by atoms with Crippen molar-refractivity contribution in [2.24, 2.45) is 0 Å². The molecule has 0 unspecified atom stereocenters. The Morgan fingerprint density at radius 1 is 1.14 bits per heavy atom. The number of ether oxygens (including phenoxy) is 1. The average Bonchev–Trinajstić information content (AvgIpc) is 3.34. The number of nitrogens with one attached hydrogen (secondary N) is 1. The van der Waals surface area contributed by atoms with Crippen LogP contribution in [0.5, 0.6) is 5.75 Å². The number of fused-ring (bicyclic) bond motifs is 4. The summed E-state index contributed by atoms with van der Waals surface area (Å²) in [5.74, 6) is 0.643. The Labute approximate surface area is 217 Å². The number of aromatic nitrogens is 1. The summed E-state index contributed by atoms with van der Waals surface area (Å²) in [5, 5.41) is 10.3. The summed E-state index contributed by atoms with van der Waals surface area (Å²) >= 11 is 0. The van der Waals surface area contributed by atoms with Gasteiger partial charge in [-0.3, -0.25) is 14.6 Å². The summed E-state index contributed by atoms with van der Waals surface area (Å²) in [7, 11) is 0. The van der Waals surface area contributed by atoms with Gasteiger partial charge < -0.3 is 19.7 Å². The standard InChI is InChI=1S/C29H36N4O4/c1-4-31(16-17-34)14-9-15-32-27(35)29(3)19-23-22-18-21(37-5-2)12-13-24(22)30-25(23)26(33(29)28(32)36)20-10-7-6-8-11-20/h6-8,10-13,18,26,30,34H,4-5,9,14-17,19H2,1-3H3/t26-,29+/m1/s1. The first-order valence-corrected chi connectivity index (χ1v) is 13.2. The first-order valence-electron chi connectivity index (χ1n) is 13.2. The van der Waals surface area contributed by atoms with Gasteiger partial charge in [0, 0.05) is 36.1 Å². The van der Waals surface area contributed by atoms with Crippen molar-refractivity contribution in [3.05, 3.63) is 65.4 Å². The van der Waals surface area contributed by atoms with E-state index in [2.05, 4.69) is 9.88 Å². The van der Waals surface area contributed by atoms with Crippen molar-refractivity contribution in [3.8, 4) is 5.75 Å². The molecule has 2 aliphatic heterocycles. The molecule has 3 amide bonds. The Balaban J connectivity index is 1.54. The molecule has 1 saturated heterocycles. The van der Waals surface area contributed by atoms with Crippen LogP contribution in [0, 0.1) is 0 Å². The van der Waals surface area contributed by atoms with Gasteiger partial charge in [-0.05, 0) is 62.7 Å². The van der Waals surface area contributed by atoms with E-state index in [0.717, 1.165) is 46.6 Å². The highest BCUT2D eigenvalue weighted by atomic mass is 16.5. The molecule has 5 rings (SSSR count). The molecule has 0 aliphatic carbocycles. The number of benzene rings is 2. The molecule has 2 aliphatic rings. The van der Waals surface area contributed by atoms with Crippen LogP contribution >= 0.6 is 0 Å². The van der Waals surface area contributed by atoms with Crippen LogP contribution in [0.2, 0.25) is 0 Å². The van der Waals surface area contributed by atoms with E-state index in [9.17, 15) is 14.7 Å². The molecule has 2 aromatic carbocycles. The molecule has 3 aromatic rings. The van der Waals surface area contributed by atoms with Crippen LogP contribution in [0.15, 0.2) is 48.5 Å². The van der Waals surface area contributed by atoms with Crippen LogP contribution in [-0.2, 0) is 11.2 Å². The number of carbonyl (C=O) groups is 2. The molecule has 8 heteroatoms. The quantitative estimate of drug-likeness (QED) is 0.409. The molecule has 37 heavy (non-hydrogen) atoms. The van der Waals surface area contributed by atoms with Crippen molar-refractivity contribution >= 4 is 22.8 Å². The average molecular weight is 505 g/mol. The van der Waals surface area contributed by atoms with E-state index in [1.807, 2.05) is 69.3 Å². The van der Waals surface area contributed by atoms with Crippen LogP contribution in [0.1, 0.15) is 50.1 Å². The maximum Gasteiger partial charge on any atom is 0.328 e. The van der Waals surface area contributed by atoms with Crippen LogP contribution in [0.3, 0.4) is 0 Å². The third kappa shape index (κ3) is 4.28. The number of H-pyrrole nitrogens is 1. The SMILES string of the molecule is CCOc1ccc2[nH]c3c(c2c1)C[C@@]1(C)C(=O)N(CCCN(CC)CCO)C(=O)N1[C@@H]3c1ccccc1. The summed E-state index contributed by atoms with van der Waals surface area (Å²) in [5.41, 5.74) is 2.97. The summed E-state index contributed by atoms with van der Waals surface area (Å²) in [6, 6.07) is 15.3. The van der Waals surface area contributed by atoms with E-state index in [4.69, 9.17) is 4.74 Å². The highest BCUT2D eigenvalue weighted by molar-refractivity contribution is 6.08. The Morgan fingerprint density at radius 2 is 1.92 bits per heavy atom. The zero-order valence-electron chi connectivity index (χ0n) is 21.9. The maximum absolute atomic E-state index is 13.9. The monoisotopic (exact) mass is 504 g/mol. The summed E-state index contributed by atoms with van der Waals surface area (Å²) < 4.78 is 5.77. The molecule has 0 radical (unpaired) electrons. The van der Waals surface area contributed by atoms with E-state index in [-0.39, 0.29) is 18.5 Å².